The van der Waals surface area contributed by atoms with Gasteiger partial charge in [-0.2, -0.15) is 13.2 Å². The maximum atomic E-state index is 13.7. The van der Waals surface area contributed by atoms with Gasteiger partial charge in [0.05, 0.1) is 22.9 Å². The number of halogens is 3. The lowest BCUT2D eigenvalue weighted by molar-refractivity contribution is -0.138. The fourth-order valence-corrected chi connectivity index (χ4v) is 4.09. The third-order valence-electron chi connectivity index (χ3n) is 5.64. The third kappa shape index (κ3) is 4.22. The Morgan fingerprint density at radius 2 is 1.75 bits per heavy atom. The molecule has 0 amide bonds. The molecule has 4 rings (SSSR count). The van der Waals surface area contributed by atoms with Gasteiger partial charge in [-0.15, -0.1) is 0 Å². The normalized spacial score (nSPS) is 16.0. The van der Waals surface area contributed by atoms with Crippen LogP contribution >= 0.6 is 0 Å². The standard InChI is InChI=1S/C22H24F3N3/c23-22(24,25)19-10-16(17-8-9-20-21(11-17)28-14-27-20)6-7-18(19)13-26-12-15-4-2-1-3-5-15/h6-11,14-15,26H,1-5,12-13H2,(H,27,28). The van der Waals surface area contributed by atoms with Crippen LogP contribution in [0.2, 0.25) is 0 Å². The van der Waals surface area contributed by atoms with Crippen molar-refractivity contribution in [2.45, 2.75) is 44.8 Å². The Labute approximate surface area is 162 Å². The molecule has 0 aliphatic heterocycles. The summed E-state index contributed by atoms with van der Waals surface area (Å²) in [5.41, 5.74) is 2.64. The molecular formula is C22H24F3N3. The summed E-state index contributed by atoms with van der Waals surface area (Å²) in [6, 6.07) is 10.1. The number of aromatic amines is 1. The van der Waals surface area contributed by atoms with E-state index in [0.717, 1.165) is 23.1 Å². The van der Waals surface area contributed by atoms with Crippen LogP contribution in [0.3, 0.4) is 0 Å². The molecule has 1 saturated carbocycles. The molecule has 0 bridgehead atoms. The maximum absolute atomic E-state index is 13.7. The molecule has 3 nitrogen and oxygen atoms in total. The third-order valence-corrected chi connectivity index (χ3v) is 5.64. The highest BCUT2D eigenvalue weighted by Crippen LogP contribution is 2.35. The fraction of sp³-hybridized carbons (Fsp3) is 0.409. The highest BCUT2D eigenvalue weighted by atomic mass is 19.4. The first kappa shape index (κ1) is 19.0. The second-order valence-electron chi connectivity index (χ2n) is 7.64. The first-order valence-corrected chi connectivity index (χ1v) is 9.85. The monoisotopic (exact) mass is 387 g/mol. The quantitative estimate of drug-likeness (QED) is 0.571. The lowest BCUT2D eigenvalue weighted by atomic mass is 9.89. The number of nitrogens with one attached hydrogen (secondary N) is 2. The van der Waals surface area contributed by atoms with Crippen LogP contribution < -0.4 is 5.32 Å². The van der Waals surface area contributed by atoms with Crippen LogP contribution in [0.1, 0.15) is 43.2 Å². The van der Waals surface area contributed by atoms with Gasteiger partial charge in [0.2, 0.25) is 0 Å². The van der Waals surface area contributed by atoms with Crippen molar-refractivity contribution in [3.63, 3.8) is 0 Å². The number of H-pyrrole nitrogens is 1. The lowest BCUT2D eigenvalue weighted by Gasteiger charge is -2.22. The molecular weight excluding hydrogens is 363 g/mol. The van der Waals surface area contributed by atoms with Gasteiger partial charge in [-0.05, 0) is 60.2 Å². The second kappa shape index (κ2) is 7.95. The molecule has 6 heteroatoms. The minimum Gasteiger partial charge on any atom is -0.345 e. The summed E-state index contributed by atoms with van der Waals surface area (Å²) >= 11 is 0. The number of rotatable bonds is 5. The van der Waals surface area contributed by atoms with E-state index < -0.39 is 11.7 Å². The molecule has 1 aliphatic carbocycles. The summed E-state index contributed by atoms with van der Waals surface area (Å²) in [5.74, 6) is 0.587. The van der Waals surface area contributed by atoms with Gasteiger partial charge in [-0.1, -0.05) is 37.5 Å². The SMILES string of the molecule is FC(F)(F)c1cc(-c2ccc3nc[nH]c3c2)ccc1CNCC1CCCCC1. The number of hydrogen-bond donors (Lipinski definition) is 2. The van der Waals surface area contributed by atoms with Gasteiger partial charge in [-0.25, -0.2) is 4.98 Å². The summed E-state index contributed by atoms with van der Waals surface area (Å²) in [6.45, 7) is 1.03. The van der Waals surface area contributed by atoms with Crippen LogP contribution in [-0.4, -0.2) is 16.5 Å². The van der Waals surface area contributed by atoms with Crippen molar-refractivity contribution in [1.82, 2.24) is 15.3 Å². The maximum Gasteiger partial charge on any atom is 0.416 e. The van der Waals surface area contributed by atoms with Gasteiger partial charge >= 0.3 is 6.18 Å². The molecule has 1 aliphatic rings. The summed E-state index contributed by atoms with van der Waals surface area (Å²) in [4.78, 5) is 7.15. The molecule has 3 aromatic rings. The van der Waals surface area contributed by atoms with Crippen molar-refractivity contribution in [1.29, 1.82) is 0 Å². The van der Waals surface area contributed by atoms with Gasteiger partial charge in [0, 0.05) is 6.54 Å². The molecule has 1 heterocycles. The van der Waals surface area contributed by atoms with Gasteiger partial charge in [0.1, 0.15) is 0 Å². The average molecular weight is 387 g/mol. The van der Waals surface area contributed by atoms with E-state index in [2.05, 4.69) is 15.3 Å². The smallest absolute Gasteiger partial charge is 0.345 e. The number of alkyl halides is 3. The van der Waals surface area contributed by atoms with Crippen molar-refractivity contribution >= 4 is 11.0 Å². The number of hydrogen-bond acceptors (Lipinski definition) is 2. The Morgan fingerprint density at radius 3 is 2.54 bits per heavy atom. The van der Waals surface area contributed by atoms with Crippen LogP contribution in [0.5, 0.6) is 0 Å². The predicted molar refractivity (Wildman–Crippen MR) is 105 cm³/mol. The average Bonchev–Trinajstić information content (AvgIpc) is 3.16. The molecule has 0 atom stereocenters. The van der Waals surface area contributed by atoms with E-state index in [4.69, 9.17) is 0 Å². The van der Waals surface area contributed by atoms with E-state index in [-0.39, 0.29) is 6.54 Å². The van der Waals surface area contributed by atoms with E-state index in [0.29, 0.717) is 17.0 Å². The summed E-state index contributed by atoms with van der Waals surface area (Å²) < 4.78 is 41.1. The number of benzene rings is 2. The summed E-state index contributed by atoms with van der Waals surface area (Å²) in [6.07, 6.45) is 3.29. The zero-order valence-electron chi connectivity index (χ0n) is 15.6. The molecule has 0 radical (unpaired) electrons. The highest BCUT2D eigenvalue weighted by molar-refractivity contribution is 5.81. The Balaban J connectivity index is 1.55. The molecule has 1 fully saturated rings. The fourth-order valence-electron chi connectivity index (χ4n) is 4.09. The van der Waals surface area contributed by atoms with Crippen molar-refractivity contribution in [2.24, 2.45) is 5.92 Å². The zero-order valence-corrected chi connectivity index (χ0v) is 15.6. The first-order valence-electron chi connectivity index (χ1n) is 9.85. The Hall–Kier alpha value is -2.34. The molecule has 2 N–H and O–H groups in total. The number of aromatic nitrogens is 2. The van der Waals surface area contributed by atoms with Crippen molar-refractivity contribution in [2.75, 3.05) is 6.54 Å². The van der Waals surface area contributed by atoms with E-state index in [9.17, 15) is 13.2 Å². The van der Waals surface area contributed by atoms with Gasteiger partial charge < -0.3 is 10.3 Å². The van der Waals surface area contributed by atoms with Crippen LogP contribution in [0.15, 0.2) is 42.7 Å². The Bertz CT molecular complexity index is 940. The minimum absolute atomic E-state index is 0.241. The largest absolute Gasteiger partial charge is 0.416 e. The Morgan fingerprint density at radius 1 is 1.00 bits per heavy atom. The topological polar surface area (TPSA) is 40.7 Å². The zero-order chi connectivity index (χ0) is 19.6. The molecule has 2 aromatic carbocycles. The van der Waals surface area contributed by atoms with Crippen LogP contribution in [0, 0.1) is 5.92 Å². The van der Waals surface area contributed by atoms with Crippen LogP contribution in [0.25, 0.3) is 22.2 Å². The Kier molecular flexibility index (Phi) is 5.40. The van der Waals surface area contributed by atoms with Crippen LogP contribution in [0.4, 0.5) is 13.2 Å². The molecule has 1 aromatic heterocycles. The molecule has 0 unspecified atom stereocenters. The van der Waals surface area contributed by atoms with E-state index in [1.54, 1.807) is 24.5 Å². The molecule has 0 spiro atoms. The lowest BCUT2D eigenvalue weighted by Crippen LogP contribution is -2.25. The number of imidazole rings is 1. The van der Waals surface area contributed by atoms with Gasteiger partial charge in [0.25, 0.3) is 0 Å². The summed E-state index contributed by atoms with van der Waals surface area (Å²) in [5, 5.41) is 3.25. The summed E-state index contributed by atoms with van der Waals surface area (Å²) in [7, 11) is 0. The van der Waals surface area contributed by atoms with Crippen molar-refractivity contribution < 1.29 is 13.2 Å². The van der Waals surface area contributed by atoms with E-state index in [1.807, 2.05) is 12.1 Å². The number of nitrogens with zero attached hydrogens (tertiary/aromatic N) is 1. The first-order chi connectivity index (χ1) is 13.5. The molecule has 0 saturated heterocycles. The highest BCUT2D eigenvalue weighted by Gasteiger charge is 2.33. The van der Waals surface area contributed by atoms with E-state index >= 15 is 0 Å². The van der Waals surface area contributed by atoms with Crippen molar-refractivity contribution in [3.8, 4) is 11.1 Å². The van der Waals surface area contributed by atoms with E-state index in [1.165, 1.54) is 38.2 Å². The second-order valence-corrected chi connectivity index (χ2v) is 7.64. The van der Waals surface area contributed by atoms with Crippen molar-refractivity contribution in [3.05, 3.63) is 53.9 Å². The minimum atomic E-state index is -4.38. The van der Waals surface area contributed by atoms with Gasteiger partial charge in [-0.3, -0.25) is 0 Å². The number of fused-ring (bicyclic) bond motifs is 1. The van der Waals surface area contributed by atoms with Gasteiger partial charge in [0.15, 0.2) is 0 Å². The molecule has 148 valence electrons. The van der Waals surface area contributed by atoms with Crippen LogP contribution in [-0.2, 0) is 12.7 Å². The molecule has 28 heavy (non-hydrogen) atoms. The predicted octanol–water partition coefficient (Wildman–Crippen LogP) is 5.92.